The smallest absolute Gasteiger partial charge is 0.182 e. The van der Waals surface area contributed by atoms with E-state index in [1.54, 1.807) is 0 Å². The molecule has 12 heteroatoms. The quantitative estimate of drug-likeness (QED) is 0.325. The first-order chi connectivity index (χ1) is 10.4. The second kappa shape index (κ2) is 6.38. The molecule has 1 aromatic carbocycles. The van der Waals surface area contributed by atoms with Gasteiger partial charge in [0.25, 0.3) is 0 Å². The lowest BCUT2D eigenvalue weighted by Gasteiger charge is -2.11. The molecule has 2 rings (SSSR count). The second-order valence-corrected chi connectivity index (χ2v) is 7.65. The Balaban J connectivity index is 2.49. The van der Waals surface area contributed by atoms with Crippen LogP contribution in [-0.4, -0.2) is 19.2 Å². The standard InChI is InChI=1S/C11H5BrCl2F5N3S/c1-4-9(23-11(12,18)19)21-22(20-4)8-6(13)2-5(3-7(8)14)10(15,16)17/h2-3H,1H3. The maximum absolute atomic E-state index is 13.0. The number of thioether (sulfide) groups is 1. The fourth-order valence-corrected chi connectivity index (χ4v) is 3.21. The van der Waals surface area contributed by atoms with Gasteiger partial charge in [0.2, 0.25) is 0 Å². The topological polar surface area (TPSA) is 30.7 Å². The van der Waals surface area contributed by atoms with Crippen molar-refractivity contribution >= 4 is 50.9 Å². The molecule has 23 heavy (non-hydrogen) atoms. The highest BCUT2D eigenvalue weighted by molar-refractivity contribution is 9.11. The van der Waals surface area contributed by atoms with Crippen molar-refractivity contribution in [3.8, 4) is 5.69 Å². The van der Waals surface area contributed by atoms with Gasteiger partial charge in [-0.1, -0.05) is 23.2 Å². The van der Waals surface area contributed by atoms with E-state index in [9.17, 15) is 22.0 Å². The number of hydrogen-bond acceptors (Lipinski definition) is 3. The van der Waals surface area contributed by atoms with E-state index in [-0.39, 0.29) is 38.2 Å². The zero-order valence-corrected chi connectivity index (χ0v) is 14.8. The molecule has 0 aliphatic rings. The van der Waals surface area contributed by atoms with E-state index in [1.807, 2.05) is 0 Å². The number of benzene rings is 1. The summed E-state index contributed by atoms with van der Waals surface area (Å²) in [7, 11) is 0. The Kier molecular flexibility index (Phi) is 5.20. The van der Waals surface area contributed by atoms with Crippen LogP contribution in [0, 0.1) is 6.92 Å². The van der Waals surface area contributed by atoms with Crippen LogP contribution in [0.5, 0.6) is 0 Å². The third kappa shape index (κ3) is 4.49. The summed E-state index contributed by atoms with van der Waals surface area (Å²) in [5.41, 5.74) is -1.03. The van der Waals surface area contributed by atoms with Gasteiger partial charge in [-0.3, -0.25) is 0 Å². The second-order valence-electron chi connectivity index (χ2n) is 4.21. The predicted octanol–water partition coefficient (Wildman–Crippen LogP) is 5.94. The van der Waals surface area contributed by atoms with Gasteiger partial charge in [0, 0.05) is 15.9 Å². The SMILES string of the molecule is Cc1nn(-c2c(Cl)cc(C(F)(F)F)cc2Cl)nc1SC(F)(F)Br. The van der Waals surface area contributed by atoms with Crippen LogP contribution >= 0.6 is 50.9 Å². The van der Waals surface area contributed by atoms with Gasteiger partial charge in [0.15, 0.2) is 0 Å². The molecule has 1 heterocycles. The summed E-state index contributed by atoms with van der Waals surface area (Å²) in [5.74, 6) is 0. The summed E-state index contributed by atoms with van der Waals surface area (Å²) in [6, 6.07) is 1.32. The van der Waals surface area contributed by atoms with E-state index in [2.05, 4.69) is 26.1 Å². The number of alkyl halides is 6. The minimum Gasteiger partial charge on any atom is -0.182 e. The molecule has 0 N–H and O–H groups in total. The molecule has 0 saturated heterocycles. The summed E-state index contributed by atoms with van der Waals surface area (Å²) in [4.78, 5) is 0.821. The molecule has 0 spiro atoms. The normalized spacial score (nSPS) is 12.7. The van der Waals surface area contributed by atoms with E-state index in [4.69, 9.17) is 23.2 Å². The van der Waals surface area contributed by atoms with Crippen molar-refractivity contribution in [2.45, 2.75) is 22.3 Å². The number of hydrogen-bond donors (Lipinski definition) is 0. The Morgan fingerprint density at radius 1 is 1.09 bits per heavy atom. The first kappa shape index (κ1) is 18.8. The fraction of sp³-hybridized carbons (Fsp3) is 0.273. The Bertz CT molecular complexity index is 721. The molecule has 0 atom stereocenters. The van der Waals surface area contributed by atoms with Crippen LogP contribution in [0.3, 0.4) is 0 Å². The van der Waals surface area contributed by atoms with Crippen LogP contribution in [0.2, 0.25) is 10.0 Å². The van der Waals surface area contributed by atoms with Crippen LogP contribution in [0.15, 0.2) is 17.2 Å². The van der Waals surface area contributed by atoms with E-state index in [1.165, 1.54) is 6.92 Å². The van der Waals surface area contributed by atoms with Gasteiger partial charge >= 0.3 is 10.3 Å². The van der Waals surface area contributed by atoms with Gasteiger partial charge in [0.05, 0.1) is 21.3 Å². The maximum Gasteiger partial charge on any atom is 0.416 e. The third-order valence-electron chi connectivity index (χ3n) is 2.50. The summed E-state index contributed by atoms with van der Waals surface area (Å²) < 4.78 is 60.7. The van der Waals surface area contributed by atoms with Gasteiger partial charge in [-0.05, 0) is 30.8 Å². The first-order valence-electron chi connectivity index (χ1n) is 5.65. The average Bonchev–Trinajstić information content (AvgIpc) is 2.66. The molecule has 0 fully saturated rings. The maximum atomic E-state index is 13.0. The molecule has 0 unspecified atom stereocenters. The monoisotopic (exact) mass is 455 g/mol. The van der Waals surface area contributed by atoms with Crippen molar-refractivity contribution in [2.75, 3.05) is 0 Å². The molecule has 2 aromatic rings. The van der Waals surface area contributed by atoms with Crippen molar-refractivity contribution in [3.05, 3.63) is 33.4 Å². The highest BCUT2D eigenvalue weighted by Gasteiger charge is 2.33. The molecule has 0 aliphatic heterocycles. The average molecular weight is 457 g/mol. The summed E-state index contributed by atoms with van der Waals surface area (Å²) in [6.07, 6.45) is -4.63. The van der Waals surface area contributed by atoms with Crippen molar-refractivity contribution in [1.29, 1.82) is 0 Å². The molecule has 0 radical (unpaired) electrons. The van der Waals surface area contributed by atoms with Crippen LogP contribution in [0.1, 0.15) is 11.3 Å². The molecule has 0 amide bonds. The Morgan fingerprint density at radius 3 is 2.04 bits per heavy atom. The van der Waals surface area contributed by atoms with Crippen LogP contribution in [0.25, 0.3) is 5.69 Å². The number of aryl methyl sites for hydroxylation is 1. The van der Waals surface area contributed by atoms with Gasteiger partial charge in [0.1, 0.15) is 10.7 Å². The lowest BCUT2D eigenvalue weighted by molar-refractivity contribution is -0.137. The van der Waals surface area contributed by atoms with Crippen molar-refractivity contribution in [1.82, 2.24) is 15.0 Å². The molecular weight excluding hydrogens is 452 g/mol. The Labute approximate surface area is 149 Å². The van der Waals surface area contributed by atoms with E-state index in [0.29, 0.717) is 12.1 Å². The van der Waals surface area contributed by atoms with Crippen LogP contribution < -0.4 is 0 Å². The van der Waals surface area contributed by atoms with E-state index in [0.717, 1.165) is 4.80 Å². The first-order valence-corrected chi connectivity index (χ1v) is 8.01. The lowest BCUT2D eigenvalue weighted by atomic mass is 10.2. The predicted molar refractivity (Wildman–Crippen MR) is 80.8 cm³/mol. The van der Waals surface area contributed by atoms with E-state index >= 15 is 0 Å². The lowest BCUT2D eigenvalue weighted by Crippen LogP contribution is -2.08. The minimum absolute atomic E-state index is 0.0847. The van der Waals surface area contributed by atoms with Crippen LogP contribution in [-0.2, 0) is 6.18 Å². The summed E-state index contributed by atoms with van der Waals surface area (Å²) in [5, 5.41) is 6.80. The largest absolute Gasteiger partial charge is 0.416 e. The number of halogens is 8. The van der Waals surface area contributed by atoms with Crippen molar-refractivity contribution in [3.63, 3.8) is 0 Å². The zero-order chi connectivity index (χ0) is 17.6. The number of nitrogens with zero attached hydrogens (tertiary/aromatic N) is 3. The van der Waals surface area contributed by atoms with Crippen molar-refractivity contribution in [2.24, 2.45) is 0 Å². The number of rotatable bonds is 3. The zero-order valence-electron chi connectivity index (χ0n) is 10.9. The highest BCUT2D eigenvalue weighted by atomic mass is 79.9. The fourth-order valence-electron chi connectivity index (χ4n) is 1.59. The Morgan fingerprint density at radius 2 is 1.61 bits per heavy atom. The van der Waals surface area contributed by atoms with Gasteiger partial charge in [-0.25, -0.2) is 0 Å². The highest BCUT2D eigenvalue weighted by Crippen LogP contribution is 2.42. The van der Waals surface area contributed by atoms with Crippen LogP contribution in [0.4, 0.5) is 22.0 Å². The molecule has 0 saturated carbocycles. The minimum atomic E-state index is -4.63. The molecule has 1 aromatic heterocycles. The summed E-state index contributed by atoms with van der Waals surface area (Å²) >= 11 is 13.9. The molecule has 126 valence electrons. The molecular formula is C11H5BrCl2F5N3S. The van der Waals surface area contributed by atoms with Gasteiger partial charge < -0.3 is 0 Å². The summed E-state index contributed by atoms with van der Waals surface area (Å²) in [6.45, 7) is 1.41. The van der Waals surface area contributed by atoms with Crippen molar-refractivity contribution < 1.29 is 22.0 Å². The molecule has 3 nitrogen and oxygen atoms in total. The molecule has 0 bridgehead atoms. The molecule has 0 aliphatic carbocycles. The number of aromatic nitrogens is 3. The Hall–Kier alpha value is -0.580. The van der Waals surface area contributed by atoms with E-state index < -0.39 is 15.9 Å². The van der Waals surface area contributed by atoms with Gasteiger partial charge in [-0.2, -0.15) is 27.1 Å². The third-order valence-corrected chi connectivity index (χ3v) is 4.36. The van der Waals surface area contributed by atoms with Gasteiger partial charge in [-0.15, -0.1) is 9.90 Å².